The van der Waals surface area contributed by atoms with E-state index in [1.165, 1.54) is 7.11 Å². The fourth-order valence-corrected chi connectivity index (χ4v) is 2.48. The third-order valence-electron chi connectivity index (χ3n) is 3.95. The molecule has 1 rings (SSSR count). The van der Waals surface area contributed by atoms with E-state index in [2.05, 4.69) is 0 Å². The lowest BCUT2D eigenvalue weighted by molar-refractivity contribution is -0.132. The Morgan fingerprint density at radius 3 is 2.29 bits per heavy atom. The summed E-state index contributed by atoms with van der Waals surface area (Å²) in [6.45, 7) is 2.02. The number of nitrogens with zero attached hydrogens (tertiary/aromatic N) is 2. The molecule has 0 aliphatic rings. The molecule has 154 valence electrons. The average molecular weight is 392 g/mol. The first kappa shape index (κ1) is 23.4. The summed E-state index contributed by atoms with van der Waals surface area (Å²) in [5, 5.41) is 18.8. The van der Waals surface area contributed by atoms with Crippen molar-refractivity contribution in [1.82, 2.24) is 0 Å². The van der Waals surface area contributed by atoms with Crippen molar-refractivity contribution in [3.05, 3.63) is 29.3 Å². The second-order valence-corrected chi connectivity index (χ2v) is 6.02. The Balaban J connectivity index is 2.95. The van der Waals surface area contributed by atoms with Gasteiger partial charge in [-0.15, -0.1) is 0 Å². The number of nitriles is 1. The summed E-state index contributed by atoms with van der Waals surface area (Å²) in [7, 11) is 6.90. The molecule has 0 radical (unpaired) electrons. The first-order chi connectivity index (χ1) is 13.5. The molecular formula is C20H28N2O6. The molecular weight excluding hydrogens is 364 g/mol. The monoisotopic (exact) mass is 392 g/mol. The number of methoxy groups -OCH3 is 2. The first-order valence-electron chi connectivity index (χ1n) is 8.82. The molecule has 0 spiro atoms. The van der Waals surface area contributed by atoms with Gasteiger partial charge in [0.1, 0.15) is 17.4 Å². The fraction of sp³-hybridized carbons (Fsp3) is 0.500. The van der Waals surface area contributed by atoms with Crippen LogP contribution in [0.4, 0.5) is 5.69 Å². The summed E-state index contributed by atoms with van der Waals surface area (Å²) < 4.78 is 21.2. The van der Waals surface area contributed by atoms with E-state index in [0.717, 1.165) is 5.69 Å². The zero-order valence-electron chi connectivity index (χ0n) is 16.9. The normalized spacial score (nSPS) is 11.5. The van der Waals surface area contributed by atoms with Crippen LogP contribution in [0.25, 0.3) is 5.57 Å². The third kappa shape index (κ3) is 7.19. The van der Waals surface area contributed by atoms with Gasteiger partial charge in [-0.3, -0.25) is 0 Å². The van der Waals surface area contributed by atoms with Crippen LogP contribution in [-0.2, 0) is 19.0 Å². The van der Waals surface area contributed by atoms with Crippen molar-refractivity contribution in [2.45, 2.75) is 6.42 Å². The van der Waals surface area contributed by atoms with Crippen molar-refractivity contribution in [3.63, 3.8) is 0 Å². The van der Waals surface area contributed by atoms with Gasteiger partial charge >= 0.3 is 5.97 Å². The Hall–Kier alpha value is -2.60. The highest BCUT2D eigenvalue weighted by Crippen LogP contribution is 2.33. The van der Waals surface area contributed by atoms with E-state index in [0.29, 0.717) is 43.3 Å². The minimum Gasteiger partial charge on any atom is -0.496 e. The first-order valence-corrected chi connectivity index (χ1v) is 8.82. The van der Waals surface area contributed by atoms with Crippen LogP contribution in [-0.4, -0.2) is 72.4 Å². The standard InChI is InChI=1S/C20H28N2O6/c1-22(2)15-5-6-17(19(13-15)26-4)16(18(14-21)20(23)24)7-8-27-11-12-28-10-9-25-3/h5-6,13H,7-12H2,1-4H3,(H,23,24)/b18-16+. The van der Waals surface area contributed by atoms with Crippen LogP contribution < -0.4 is 9.64 Å². The van der Waals surface area contributed by atoms with E-state index < -0.39 is 5.97 Å². The van der Waals surface area contributed by atoms with Crippen LogP contribution in [0.2, 0.25) is 0 Å². The minimum absolute atomic E-state index is 0.250. The largest absolute Gasteiger partial charge is 0.496 e. The van der Waals surface area contributed by atoms with E-state index >= 15 is 0 Å². The van der Waals surface area contributed by atoms with Crippen LogP contribution in [0, 0.1) is 11.3 Å². The summed E-state index contributed by atoms with van der Waals surface area (Å²) in [4.78, 5) is 13.5. The van der Waals surface area contributed by atoms with Crippen LogP contribution in [0.3, 0.4) is 0 Å². The fourth-order valence-electron chi connectivity index (χ4n) is 2.48. The highest BCUT2D eigenvalue weighted by Gasteiger charge is 2.19. The molecule has 8 nitrogen and oxygen atoms in total. The predicted octanol–water partition coefficient (Wildman–Crippen LogP) is 2.19. The molecule has 0 saturated heterocycles. The molecule has 28 heavy (non-hydrogen) atoms. The number of aliphatic carboxylic acids is 1. The summed E-state index contributed by atoms with van der Waals surface area (Å²) in [6, 6.07) is 7.19. The Morgan fingerprint density at radius 1 is 1.11 bits per heavy atom. The van der Waals surface area contributed by atoms with Crippen molar-refractivity contribution in [2.24, 2.45) is 0 Å². The Bertz CT molecular complexity index is 709. The third-order valence-corrected chi connectivity index (χ3v) is 3.95. The van der Waals surface area contributed by atoms with Crippen molar-refractivity contribution in [3.8, 4) is 11.8 Å². The maximum atomic E-state index is 11.6. The molecule has 1 aromatic carbocycles. The van der Waals surface area contributed by atoms with Crippen molar-refractivity contribution in [2.75, 3.05) is 66.2 Å². The highest BCUT2D eigenvalue weighted by molar-refractivity contribution is 6.01. The van der Waals surface area contributed by atoms with Gasteiger partial charge in [0.25, 0.3) is 0 Å². The number of carboxylic acid groups (broad SMARTS) is 1. The molecule has 1 N–H and O–H groups in total. The number of carbonyl (C=O) groups is 1. The van der Waals surface area contributed by atoms with Gasteiger partial charge in [0.05, 0.1) is 40.1 Å². The zero-order valence-corrected chi connectivity index (χ0v) is 16.9. The lowest BCUT2D eigenvalue weighted by Crippen LogP contribution is -2.11. The summed E-state index contributed by atoms with van der Waals surface area (Å²) in [5.74, 6) is -0.780. The predicted molar refractivity (Wildman–Crippen MR) is 106 cm³/mol. The van der Waals surface area contributed by atoms with Crippen LogP contribution in [0.15, 0.2) is 23.8 Å². The molecule has 0 aliphatic heterocycles. The van der Waals surface area contributed by atoms with Crippen LogP contribution >= 0.6 is 0 Å². The van der Waals surface area contributed by atoms with Crippen molar-refractivity contribution in [1.29, 1.82) is 5.26 Å². The van der Waals surface area contributed by atoms with Crippen molar-refractivity contribution >= 4 is 17.2 Å². The minimum atomic E-state index is -1.28. The van der Waals surface area contributed by atoms with Gasteiger partial charge in [-0.05, 0) is 24.1 Å². The number of benzene rings is 1. The lowest BCUT2D eigenvalue weighted by Gasteiger charge is -2.18. The van der Waals surface area contributed by atoms with Gasteiger partial charge in [0.15, 0.2) is 0 Å². The smallest absolute Gasteiger partial charge is 0.346 e. The molecule has 0 saturated carbocycles. The average Bonchev–Trinajstić information content (AvgIpc) is 2.68. The molecule has 0 atom stereocenters. The maximum absolute atomic E-state index is 11.6. The number of hydrogen-bond donors (Lipinski definition) is 1. The van der Waals surface area contributed by atoms with Gasteiger partial charge < -0.3 is 29.0 Å². The molecule has 0 amide bonds. The van der Waals surface area contributed by atoms with Gasteiger partial charge in [-0.25, -0.2) is 4.79 Å². The molecule has 0 aliphatic carbocycles. The van der Waals surface area contributed by atoms with Gasteiger partial charge in [-0.2, -0.15) is 5.26 Å². The second kappa shape index (κ2) is 12.7. The van der Waals surface area contributed by atoms with E-state index in [1.807, 2.05) is 25.1 Å². The molecule has 0 unspecified atom stereocenters. The van der Waals surface area contributed by atoms with E-state index in [1.54, 1.807) is 25.3 Å². The molecule has 1 aromatic rings. The summed E-state index contributed by atoms with van der Waals surface area (Å²) >= 11 is 0. The number of carboxylic acids is 1. The molecule has 0 fully saturated rings. The zero-order chi connectivity index (χ0) is 20.9. The quantitative estimate of drug-likeness (QED) is 0.310. The second-order valence-electron chi connectivity index (χ2n) is 6.02. The lowest BCUT2D eigenvalue weighted by atomic mass is 9.96. The molecule has 0 heterocycles. The summed E-state index contributed by atoms with van der Waals surface area (Å²) in [6.07, 6.45) is 0.255. The maximum Gasteiger partial charge on any atom is 0.346 e. The Kier molecular flexibility index (Phi) is 10.7. The molecule has 8 heteroatoms. The molecule has 0 aromatic heterocycles. The SMILES string of the molecule is COCCOCCOCC/C(=C(/C#N)C(=O)O)c1ccc(N(C)C)cc1OC. The van der Waals surface area contributed by atoms with E-state index in [4.69, 9.17) is 18.9 Å². The summed E-state index contributed by atoms with van der Waals surface area (Å²) in [5.41, 5.74) is 1.51. The Labute approximate surface area is 165 Å². The van der Waals surface area contributed by atoms with E-state index in [9.17, 15) is 15.2 Å². The van der Waals surface area contributed by atoms with Crippen LogP contribution in [0.5, 0.6) is 5.75 Å². The number of anilines is 1. The van der Waals surface area contributed by atoms with Gasteiger partial charge in [0.2, 0.25) is 0 Å². The number of rotatable bonds is 13. The number of hydrogen-bond acceptors (Lipinski definition) is 7. The number of ether oxygens (including phenoxy) is 4. The topological polar surface area (TPSA) is 101 Å². The van der Waals surface area contributed by atoms with Gasteiger partial charge in [-0.1, -0.05) is 0 Å². The van der Waals surface area contributed by atoms with Crippen molar-refractivity contribution < 1.29 is 28.8 Å². The van der Waals surface area contributed by atoms with Crippen LogP contribution in [0.1, 0.15) is 12.0 Å². The van der Waals surface area contributed by atoms with Gasteiger partial charge in [0, 0.05) is 38.5 Å². The molecule has 0 bridgehead atoms. The van der Waals surface area contributed by atoms with E-state index in [-0.39, 0.29) is 18.6 Å². The highest BCUT2D eigenvalue weighted by atomic mass is 16.5. The Morgan fingerprint density at radius 2 is 1.75 bits per heavy atom.